The number of hydrogen-bond acceptors (Lipinski definition) is 0. The standard InChI is InChI=1S/C8H3BrF6/c9-6-2-4(7(10,11)12)1-5(3-6)8(13,14)15/h2H,1H2. The van der Waals surface area contributed by atoms with Gasteiger partial charge in [0, 0.05) is 12.0 Å². The van der Waals surface area contributed by atoms with Crippen molar-refractivity contribution >= 4 is 15.9 Å². The Morgan fingerprint density at radius 2 is 1.60 bits per heavy atom. The van der Waals surface area contributed by atoms with Crippen molar-refractivity contribution in [3.8, 4) is 0 Å². The largest absolute Gasteiger partial charge is 0.420 e. The van der Waals surface area contributed by atoms with E-state index in [0.717, 1.165) is 0 Å². The molecule has 0 aromatic rings. The highest BCUT2D eigenvalue weighted by Crippen LogP contribution is 2.39. The molecule has 0 saturated heterocycles. The molecule has 0 N–H and O–H groups in total. The topological polar surface area (TPSA) is 0 Å². The van der Waals surface area contributed by atoms with Gasteiger partial charge in [-0.1, -0.05) is 5.73 Å². The van der Waals surface area contributed by atoms with Crippen molar-refractivity contribution in [2.45, 2.75) is 18.8 Å². The van der Waals surface area contributed by atoms with Gasteiger partial charge in [-0.3, -0.25) is 0 Å². The van der Waals surface area contributed by atoms with Crippen LogP contribution < -0.4 is 0 Å². The predicted octanol–water partition coefficient (Wildman–Crippen LogP) is 4.25. The summed E-state index contributed by atoms with van der Waals surface area (Å²) in [4.78, 5) is 0. The maximum Gasteiger partial charge on any atom is 0.420 e. The van der Waals surface area contributed by atoms with Gasteiger partial charge in [-0.15, -0.1) is 0 Å². The molecule has 0 amide bonds. The molecule has 0 aliphatic heterocycles. The number of hydrogen-bond donors (Lipinski definition) is 0. The SMILES string of the molecule is FC(F)(F)C1=C=C(Br)C=C(C(F)(F)F)C1. The number of halogens is 7. The van der Waals surface area contributed by atoms with Gasteiger partial charge >= 0.3 is 12.4 Å². The van der Waals surface area contributed by atoms with E-state index in [1.165, 1.54) is 0 Å². The van der Waals surface area contributed by atoms with E-state index in [4.69, 9.17) is 0 Å². The molecule has 0 bridgehead atoms. The van der Waals surface area contributed by atoms with Gasteiger partial charge < -0.3 is 0 Å². The van der Waals surface area contributed by atoms with Crippen LogP contribution >= 0.6 is 15.9 Å². The van der Waals surface area contributed by atoms with Crippen LogP contribution in [0.25, 0.3) is 0 Å². The Balaban J connectivity index is 3.09. The lowest BCUT2D eigenvalue weighted by molar-refractivity contribution is -0.105. The third-order valence-electron chi connectivity index (χ3n) is 1.64. The normalized spacial score (nSPS) is 18.2. The molecule has 0 aromatic heterocycles. The van der Waals surface area contributed by atoms with Crippen molar-refractivity contribution in [1.29, 1.82) is 0 Å². The average molecular weight is 293 g/mol. The van der Waals surface area contributed by atoms with Gasteiger partial charge in [0.25, 0.3) is 0 Å². The van der Waals surface area contributed by atoms with Gasteiger partial charge in [0.1, 0.15) is 0 Å². The first kappa shape index (κ1) is 12.4. The van der Waals surface area contributed by atoms with Crippen LogP contribution in [0.4, 0.5) is 26.3 Å². The maximum absolute atomic E-state index is 12.2. The molecule has 0 unspecified atom stereocenters. The van der Waals surface area contributed by atoms with Crippen molar-refractivity contribution in [2.24, 2.45) is 0 Å². The van der Waals surface area contributed by atoms with Crippen LogP contribution in [0, 0.1) is 0 Å². The van der Waals surface area contributed by atoms with E-state index < -0.39 is 29.9 Å². The molecule has 1 aliphatic rings. The van der Waals surface area contributed by atoms with Crippen molar-refractivity contribution in [2.75, 3.05) is 0 Å². The summed E-state index contributed by atoms with van der Waals surface area (Å²) in [6.07, 6.45) is -10.1. The van der Waals surface area contributed by atoms with Crippen LogP contribution in [-0.4, -0.2) is 12.4 Å². The first-order valence-electron chi connectivity index (χ1n) is 3.61. The van der Waals surface area contributed by atoms with E-state index in [1.807, 2.05) is 0 Å². The van der Waals surface area contributed by atoms with E-state index in [2.05, 4.69) is 15.9 Å². The van der Waals surface area contributed by atoms with Crippen molar-refractivity contribution < 1.29 is 26.3 Å². The summed E-state index contributed by atoms with van der Waals surface area (Å²) in [5.74, 6) is 0. The van der Waals surface area contributed by atoms with Crippen LogP contribution in [0.2, 0.25) is 0 Å². The molecule has 15 heavy (non-hydrogen) atoms. The fourth-order valence-electron chi connectivity index (χ4n) is 0.972. The van der Waals surface area contributed by atoms with Gasteiger partial charge in [-0.05, 0) is 22.0 Å². The lowest BCUT2D eigenvalue weighted by Crippen LogP contribution is -2.19. The van der Waals surface area contributed by atoms with Gasteiger partial charge in [-0.25, -0.2) is 0 Å². The molecule has 1 rings (SSSR count). The molecule has 0 aromatic carbocycles. The van der Waals surface area contributed by atoms with Crippen molar-refractivity contribution in [3.05, 3.63) is 27.4 Å². The summed E-state index contributed by atoms with van der Waals surface area (Å²) < 4.78 is 72.6. The minimum Gasteiger partial charge on any atom is -0.166 e. The van der Waals surface area contributed by atoms with E-state index in [1.54, 1.807) is 5.73 Å². The Kier molecular flexibility index (Phi) is 3.07. The summed E-state index contributed by atoms with van der Waals surface area (Å²) in [5, 5.41) is 0. The molecule has 0 radical (unpaired) electrons. The Hall–Kier alpha value is -0.680. The van der Waals surface area contributed by atoms with E-state index in [-0.39, 0.29) is 4.48 Å². The van der Waals surface area contributed by atoms with E-state index in [9.17, 15) is 26.3 Å². The third kappa shape index (κ3) is 3.14. The molecule has 1 aliphatic carbocycles. The van der Waals surface area contributed by atoms with Crippen molar-refractivity contribution in [1.82, 2.24) is 0 Å². The van der Waals surface area contributed by atoms with Gasteiger partial charge in [0.2, 0.25) is 0 Å². The third-order valence-corrected chi connectivity index (χ3v) is 2.07. The highest BCUT2D eigenvalue weighted by molar-refractivity contribution is 9.11. The fraction of sp³-hybridized carbons (Fsp3) is 0.375. The molecule has 0 fully saturated rings. The second-order valence-corrected chi connectivity index (χ2v) is 3.65. The Morgan fingerprint density at radius 1 is 1.07 bits per heavy atom. The first-order chi connectivity index (χ1) is 6.60. The van der Waals surface area contributed by atoms with E-state index in [0.29, 0.717) is 6.08 Å². The molecule has 84 valence electrons. The highest BCUT2D eigenvalue weighted by Gasteiger charge is 2.41. The molecule has 0 heterocycles. The van der Waals surface area contributed by atoms with Crippen LogP contribution in [0.15, 0.2) is 27.4 Å². The molecule has 0 spiro atoms. The zero-order chi connectivity index (χ0) is 11.9. The first-order valence-corrected chi connectivity index (χ1v) is 4.40. The van der Waals surface area contributed by atoms with Gasteiger partial charge in [-0.2, -0.15) is 26.3 Å². The zero-order valence-corrected chi connectivity index (χ0v) is 8.52. The van der Waals surface area contributed by atoms with Gasteiger partial charge in [0.15, 0.2) is 0 Å². The predicted molar refractivity (Wildman–Crippen MR) is 44.3 cm³/mol. The summed E-state index contributed by atoms with van der Waals surface area (Å²) in [6.45, 7) is 0. The minimum atomic E-state index is -4.79. The summed E-state index contributed by atoms with van der Waals surface area (Å²) in [7, 11) is 0. The number of allylic oxidation sites excluding steroid dienone is 3. The van der Waals surface area contributed by atoms with Crippen LogP contribution in [-0.2, 0) is 0 Å². The Bertz CT molecular complexity index is 364. The molecule has 7 heteroatoms. The smallest absolute Gasteiger partial charge is 0.166 e. The minimum absolute atomic E-state index is 0.353. The molecular weight excluding hydrogens is 290 g/mol. The fourth-order valence-corrected chi connectivity index (χ4v) is 1.49. The molecule has 0 atom stereocenters. The maximum atomic E-state index is 12.2. The van der Waals surface area contributed by atoms with Crippen LogP contribution in [0.3, 0.4) is 0 Å². The molecule has 0 saturated carbocycles. The quantitative estimate of drug-likeness (QED) is 0.463. The average Bonchev–Trinajstić information content (AvgIpc) is 1.99. The highest BCUT2D eigenvalue weighted by atomic mass is 79.9. The van der Waals surface area contributed by atoms with Crippen molar-refractivity contribution in [3.63, 3.8) is 0 Å². The second kappa shape index (κ2) is 3.72. The Labute approximate surface area is 89.1 Å². The number of rotatable bonds is 0. The number of alkyl halides is 6. The monoisotopic (exact) mass is 292 g/mol. The second-order valence-electron chi connectivity index (χ2n) is 2.79. The molecule has 0 nitrogen and oxygen atoms in total. The summed E-state index contributed by atoms with van der Waals surface area (Å²) in [5.41, 5.74) is -0.758. The lowest BCUT2D eigenvalue weighted by Gasteiger charge is -2.17. The van der Waals surface area contributed by atoms with E-state index >= 15 is 0 Å². The zero-order valence-electron chi connectivity index (χ0n) is 6.93. The van der Waals surface area contributed by atoms with Crippen LogP contribution in [0.5, 0.6) is 0 Å². The lowest BCUT2D eigenvalue weighted by atomic mass is 10.0. The Morgan fingerprint density at radius 3 is 2.00 bits per heavy atom. The van der Waals surface area contributed by atoms with Crippen LogP contribution in [0.1, 0.15) is 6.42 Å². The summed E-state index contributed by atoms with van der Waals surface area (Å²) in [6, 6.07) is 0. The summed E-state index contributed by atoms with van der Waals surface area (Å²) >= 11 is 2.56. The molecular formula is C8H3BrF6. The van der Waals surface area contributed by atoms with Gasteiger partial charge in [0.05, 0.1) is 10.1 Å².